The van der Waals surface area contributed by atoms with E-state index in [2.05, 4.69) is 0 Å². The molecule has 0 radical (unpaired) electrons. The Balaban J connectivity index is 1.45. The van der Waals surface area contributed by atoms with Crippen LogP contribution in [0.2, 0.25) is 0 Å². The number of aliphatic hydroxyl groups is 1. The van der Waals surface area contributed by atoms with Gasteiger partial charge in [-0.1, -0.05) is 0 Å². The number of β-amino-alcohol motifs (C(OH)–C–C–N with tert-alkyl or cyclic N) is 1. The SMILES string of the molecule is O=C(C1C2C3CCC(C3)C12)N1CCC[C@H](O)C1. The minimum Gasteiger partial charge on any atom is -0.391 e. The number of fused-ring (bicyclic) bond motifs is 5. The van der Waals surface area contributed by atoms with Crippen molar-refractivity contribution in [1.82, 2.24) is 4.90 Å². The molecule has 4 aliphatic rings. The second-order valence-electron chi connectivity index (χ2n) is 6.59. The molecule has 3 nitrogen and oxygen atoms in total. The van der Waals surface area contributed by atoms with Crippen LogP contribution in [0.3, 0.4) is 0 Å². The molecule has 0 spiro atoms. The van der Waals surface area contributed by atoms with Crippen LogP contribution < -0.4 is 0 Å². The van der Waals surface area contributed by atoms with Gasteiger partial charge in [-0.2, -0.15) is 0 Å². The smallest absolute Gasteiger partial charge is 0.226 e. The molecule has 94 valence electrons. The molecule has 1 saturated heterocycles. The van der Waals surface area contributed by atoms with Gasteiger partial charge in [-0.3, -0.25) is 4.79 Å². The Bertz CT molecular complexity index is 340. The molecule has 0 aromatic rings. The average molecular weight is 235 g/mol. The number of likely N-dealkylation sites (tertiary alicyclic amines) is 1. The quantitative estimate of drug-likeness (QED) is 0.743. The van der Waals surface area contributed by atoms with Crippen LogP contribution in [0.25, 0.3) is 0 Å². The monoisotopic (exact) mass is 235 g/mol. The van der Waals surface area contributed by atoms with E-state index in [0.29, 0.717) is 18.4 Å². The molecular weight excluding hydrogens is 214 g/mol. The lowest BCUT2D eigenvalue weighted by Crippen LogP contribution is -2.43. The largest absolute Gasteiger partial charge is 0.391 e. The van der Waals surface area contributed by atoms with Crippen molar-refractivity contribution >= 4 is 5.91 Å². The summed E-state index contributed by atoms with van der Waals surface area (Å²) >= 11 is 0. The Morgan fingerprint density at radius 2 is 1.82 bits per heavy atom. The number of hydrogen-bond donors (Lipinski definition) is 1. The first-order valence-electron chi connectivity index (χ1n) is 7.22. The highest BCUT2D eigenvalue weighted by Crippen LogP contribution is 2.69. The molecule has 1 N–H and O–H groups in total. The molecule has 1 aliphatic heterocycles. The Hall–Kier alpha value is -0.570. The standard InChI is InChI=1S/C14H21NO2/c16-10-2-1-5-15(7-10)14(17)13-11-8-3-4-9(6-8)12(11)13/h8-13,16H,1-7H2/t8?,9?,10-,11?,12?,13?/m0/s1. The fourth-order valence-electron chi connectivity index (χ4n) is 5.02. The lowest BCUT2D eigenvalue weighted by Gasteiger charge is -2.31. The molecule has 3 heteroatoms. The van der Waals surface area contributed by atoms with Gasteiger partial charge in [0.15, 0.2) is 0 Å². The topological polar surface area (TPSA) is 40.5 Å². The highest BCUT2D eigenvalue weighted by molar-refractivity contribution is 5.83. The number of piperidine rings is 1. The maximum absolute atomic E-state index is 12.5. The molecule has 1 heterocycles. The summed E-state index contributed by atoms with van der Waals surface area (Å²) in [5.74, 6) is 3.94. The summed E-state index contributed by atoms with van der Waals surface area (Å²) in [5.41, 5.74) is 0. The molecule has 1 amide bonds. The predicted molar refractivity (Wildman–Crippen MR) is 63.1 cm³/mol. The molecule has 0 aromatic carbocycles. The Kier molecular flexibility index (Phi) is 2.11. The summed E-state index contributed by atoms with van der Waals surface area (Å²) in [6.45, 7) is 1.46. The van der Waals surface area contributed by atoms with Crippen molar-refractivity contribution in [2.75, 3.05) is 13.1 Å². The van der Waals surface area contributed by atoms with Gasteiger partial charge in [0, 0.05) is 19.0 Å². The van der Waals surface area contributed by atoms with E-state index in [4.69, 9.17) is 0 Å². The van der Waals surface area contributed by atoms with Crippen LogP contribution in [0.1, 0.15) is 32.1 Å². The maximum atomic E-state index is 12.5. The fraction of sp³-hybridized carbons (Fsp3) is 0.929. The van der Waals surface area contributed by atoms with Gasteiger partial charge < -0.3 is 10.0 Å². The Morgan fingerprint density at radius 3 is 2.47 bits per heavy atom. The fourth-order valence-corrected chi connectivity index (χ4v) is 5.02. The second kappa shape index (κ2) is 3.47. The van der Waals surface area contributed by atoms with E-state index in [1.807, 2.05) is 4.90 Å². The van der Waals surface area contributed by atoms with Crippen LogP contribution in [-0.4, -0.2) is 35.1 Å². The Labute approximate surface area is 102 Å². The van der Waals surface area contributed by atoms with Crippen LogP contribution in [0, 0.1) is 29.6 Å². The number of aliphatic hydroxyl groups excluding tert-OH is 1. The molecule has 4 fully saturated rings. The zero-order valence-corrected chi connectivity index (χ0v) is 10.2. The second-order valence-corrected chi connectivity index (χ2v) is 6.59. The summed E-state index contributed by atoms with van der Waals surface area (Å²) in [7, 11) is 0. The van der Waals surface area contributed by atoms with Gasteiger partial charge in [0.2, 0.25) is 5.91 Å². The highest BCUT2D eigenvalue weighted by atomic mass is 16.3. The predicted octanol–water partition coefficient (Wildman–Crippen LogP) is 1.26. The summed E-state index contributed by atoms with van der Waals surface area (Å²) in [4.78, 5) is 14.4. The minimum atomic E-state index is -0.275. The van der Waals surface area contributed by atoms with Gasteiger partial charge in [0.05, 0.1) is 6.10 Å². The summed E-state index contributed by atoms with van der Waals surface area (Å²) < 4.78 is 0. The normalized spacial score (nSPS) is 51.5. The molecule has 4 rings (SSSR count). The lowest BCUT2D eigenvalue weighted by atomic mass is 10.0. The summed E-state index contributed by atoms with van der Waals surface area (Å²) in [6.07, 6.45) is 5.72. The van der Waals surface area contributed by atoms with Crippen molar-refractivity contribution in [2.45, 2.75) is 38.2 Å². The van der Waals surface area contributed by atoms with Crippen molar-refractivity contribution in [3.05, 3.63) is 0 Å². The van der Waals surface area contributed by atoms with E-state index in [1.54, 1.807) is 0 Å². The average Bonchev–Trinajstić information content (AvgIpc) is 2.76. The number of amides is 1. The zero-order chi connectivity index (χ0) is 11.6. The van der Waals surface area contributed by atoms with Gasteiger partial charge in [0.1, 0.15) is 0 Å². The van der Waals surface area contributed by atoms with Gasteiger partial charge in [-0.05, 0) is 55.8 Å². The van der Waals surface area contributed by atoms with Crippen LogP contribution in [0.15, 0.2) is 0 Å². The van der Waals surface area contributed by atoms with Crippen LogP contribution in [0.4, 0.5) is 0 Å². The van der Waals surface area contributed by atoms with Crippen molar-refractivity contribution < 1.29 is 9.90 Å². The third-order valence-corrected chi connectivity index (χ3v) is 5.73. The number of carbonyl (C=O) groups is 1. The van der Waals surface area contributed by atoms with Crippen molar-refractivity contribution in [2.24, 2.45) is 29.6 Å². The van der Waals surface area contributed by atoms with Crippen molar-refractivity contribution in [1.29, 1.82) is 0 Å². The third kappa shape index (κ3) is 1.41. The first-order chi connectivity index (χ1) is 8.25. The van der Waals surface area contributed by atoms with Gasteiger partial charge in [-0.25, -0.2) is 0 Å². The van der Waals surface area contributed by atoms with E-state index in [0.717, 1.165) is 43.1 Å². The van der Waals surface area contributed by atoms with E-state index in [-0.39, 0.29) is 6.10 Å². The number of carbonyl (C=O) groups excluding carboxylic acids is 1. The molecule has 3 saturated carbocycles. The Morgan fingerprint density at radius 1 is 1.12 bits per heavy atom. The first kappa shape index (κ1) is 10.4. The molecule has 17 heavy (non-hydrogen) atoms. The molecule has 5 atom stereocenters. The molecule has 2 bridgehead atoms. The number of rotatable bonds is 1. The van der Waals surface area contributed by atoms with Crippen LogP contribution >= 0.6 is 0 Å². The van der Waals surface area contributed by atoms with E-state index < -0.39 is 0 Å². The summed E-state index contributed by atoms with van der Waals surface area (Å²) in [5, 5.41) is 9.66. The van der Waals surface area contributed by atoms with Gasteiger partial charge in [-0.15, -0.1) is 0 Å². The number of hydrogen-bond acceptors (Lipinski definition) is 2. The van der Waals surface area contributed by atoms with Crippen molar-refractivity contribution in [3.63, 3.8) is 0 Å². The molecular formula is C14H21NO2. The van der Waals surface area contributed by atoms with Crippen LogP contribution in [0.5, 0.6) is 0 Å². The highest BCUT2D eigenvalue weighted by Gasteiger charge is 2.68. The van der Waals surface area contributed by atoms with Gasteiger partial charge >= 0.3 is 0 Å². The van der Waals surface area contributed by atoms with E-state index >= 15 is 0 Å². The van der Waals surface area contributed by atoms with Gasteiger partial charge in [0.25, 0.3) is 0 Å². The minimum absolute atomic E-state index is 0.275. The van der Waals surface area contributed by atoms with Crippen LogP contribution in [-0.2, 0) is 4.79 Å². The molecule has 4 unspecified atom stereocenters. The first-order valence-corrected chi connectivity index (χ1v) is 7.22. The molecule has 3 aliphatic carbocycles. The maximum Gasteiger partial charge on any atom is 0.226 e. The third-order valence-electron chi connectivity index (χ3n) is 5.73. The van der Waals surface area contributed by atoms with E-state index in [1.165, 1.54) is 19.3 Å². The lowest BCUT2D eigenvalue weighted by molar-refractivity contribution is -0.136. The zero-order valence-electron chi connectivity index (χ0n) is 10.2. The number of nitrogens with zero attached hydrogens (tertiary/aromatic N) is 1. The van der Waals surface area contributed by atoms with Crippen molar-refractivity contribution in [3.8, 4) is 0 Å². The van der Waals surface area contributed by atoms with E-state index in [9.17, 15) is 9.90 Å². The summed E-state index contributed by atoms with van der Waals surface area (Å²) in [6, 6.07) is 0. The molecule has 0 aromatic heterocycles.